The molecule has 4 heterocycles. The van der Waals surface area contributed by atoms with Crippen molar-refractivity contribution in [1.29, 1.82) is 0 Å². The van der Waals surface area contributed by atoms with Crippen molar-refractivity contribution < 1.29 is 0 Å². The summed E-state index contributed by atoms with van der Waals surface area (Å²) in [5, 5.41) is 2.44. The Balaban J connectivity index is 1.25. The van der Waals surface area contributed by atoms with Crippen LogP contribution in [0.1, 0.15) is 22.3 Å². The normalized spacial score (nSPS) is 12.9. The van der Waals surface area contributed by atoms with Gasteiger partial charge in [0.15, 0.2) is 0 Å². The van der Waals surface area contributed by atoms with Gasteiger partial charge in [0.2, 0.25) is 0 Å². The van der Waals surface area contributed by atoms with E-state index < -0.39 is 5.41 Å². The maximum Gasteiger partial charge on any atom is 0.0818 e. The fourth-order valence-electron chi connectivity index (χ4n) is 7.86. The van der Waals surface area contributed by atoms with E-state index in [9.17, 15) is 0 Å². The van der Waals surface area contributed by atoms with Crippen LogP contribution in [-0.2, 0) is 5.41 Å². The summed E-state index contributed by atoms with van der Waals surface area (Å²) in [6, 6.07) is 48.8. The van der Waals surface area contributed by atoms with Crippen molar-refractivity contribution >= 4 is 33.4 Å². The number of fused-ring (bicyclic) bond motifs is 5. The maximum atomic E-state index is 4.92. The Morgan fingerprint density at radius 3 is 1.57 bits per heavy atom. The van der Waals surface area contributed by atoms with Crippen LogP contribution in [0.3, 0.4) is 0 Å². The Kier molecular flexibility index (Phi) is 7.05. The molecule has 0 N–H and O–H groups in total. The van der Waals surface area contributed by atoms with E-state index in [-0.39, 0.29) is 0 Å². The van der Waals surface area contributed by atoms with Crippen LogP contribution in [0.2, 0.25) is 0 Å². The maximum absolute atomic E-state index is 4.92. The van der Waals surface area contributed by atoms with E-state index >= 15 is 0 Å². The van der Waals surface area contributed by atoms with Gasteiger partial charge in [0.25, 0.3) is 0 Å². The lowest BCUT2D eigenvalue weighted by atomic mass is 9.67. The molecule has 0 spiro atoms. The van der Waals surface area contributed by atoms with Crippen molar-refractivity contribution in [3.05, 3.63) is 192 Å². The van der Waals surface area contributed by atoms with Gasteiger partial charge < -0.3 is 0 Å². The molecular weight excluding hydrogens is 661 g/mol. The molecule has 5 aromatic carbocycles. The number of rotatable bonds is 6. The van der Waals surface area contributed by atoms with Gasteiger partial charge in [0.05, 0.1) is 37.6 Å². The van der Waals surface area contributed by atoms with E-state index in [2.05, 4.69) is 143 Å². The fourth-order valence-corrected chi connectivity index (χ4v) is 9.05. The largest absolute Gasteiger partial charge is 0.255 e. The first-order valence-electron chi connectivity index (χ1n) is 16.8. The van der Waals surface area contributed by atoms with Gasteiger partial charge in [-0.15, -0.1) is 22.7 Å². The molecule has 0 saturated carbocycles. The monoisotopic (exact) mass is 688 g/mol. The highest BCUT2D eigenvalue weighted by molar-refractivity contribution is 7.13. The lowest BCUT2D eigenvalue weighted by Gasteiger charge is -2.34. The highest BCUT2D eigenvalue weighted by Gasteiger charge is 2.47. The standard InChI is InChI=1S/C45H28N4S2/c1-3-9-32(10-4-1)45(33-11-5-2-6-12-33)38-21-29(30-16-19-40(48-23-30)42-25-46-27-50-42)15-18-36(38)44-35-14-8-7-13-34(35)37(22-39(44)45)31-17-20-41(49-24-31)43-26-47-28-51-43/h1-28H. The zero-order valence-electron chi connectivity index (χ0n) is 27.3. The zero-order chi connectivity index (χ0) is 33.8. The van der Waals surface area contributed by atoms with Crippen LogP contribution < -0.4 is 0 Å². The van der Waals surface area contributed by atoms with Gasteiger partial charge in [-0.1, -0.05) is 109 Å². The van der Waals surface area contributed by atoms with Crippen LogP contribution in [0.25, 0.3) is 65.3 Å². The van der Waals surface area contributed by atoms with Crippen LogP contribution >= 0.6 is 22.7 Å². The molecule has 4 aromatic heterocycles. The molecule has 6 heteroatoms. The molecule has 0 bridgehead atoms. The van der Waals surface area contributed by atoms with Crippen LogP contribution in [-0.4, -0.2) is 19.9 Å². The molecule has 1 aliphatic rings. The van der Waals surface area contributed by atoms with Gasteiger partial charge in [-0.3, -0.25) is 19.9 Å². The number of nitrogens with zero attached hydrogens (tertiary/aromatic N) is 4. The molecule has 0 aliphatic heterocycles. The van der Waals surface area contributed by atoms with Crippen molar-refractivity contribution in [2.45, 2.75) is 5.41 Å². The highest BCUT2D eigenvalue weighted by atomic mass is 32.1. The molecule has 0 saturated heterocycles. The summed E-state index contributed by atoms with van der Waals surface area (Å²) in [6.45, 7) is 0. The summed E-state index contributed by atoms with van der Waals surface area (Å²) in [4.78, 5) is 20.4. The molecule has 10 rings (SSSR count). The Hall–Kier alpha value is -6.08. The number of thiazole rings is 2. The zero-order valence-corrected chi connectivity index (χ0v) is 28.9. The van der Waals surface area contributed by atoms with Gasteiger partial charge in [-0.25, -0.2) is 0 Å². The average Bonchev–Trinajstić information content (AvgIpc) is 4.00. The third-order valence-electron chi connectivity index (χ3n) is 10.1. The Bertz CT molecular complexity index is 2610. The van der Waals surface area contributed by atoms with E-state index in [0.717, 1.165) is 37.8 Å². The first-order valence-corrected chi connectivity index (χ1v) is 18.6. The van der Waals surface area contributed by atoms with Crippen molar-refractivity contribution in [1.82, 2.24) is 19.9 Å². The molecule has 51 heavy (non-hydrogen) atoms. The van der Waals surface area contributed by atoms with E-state index in [0.29, 0.717) is 0 Å². The SMILES string of the molecule is c1ccc(C2(c3ccccc3)c3cc(-c4ccc(-c5cncs5)nc4)ccc3-c3c2cc(-c2ccc(-c4cncs4)nc2)c2ccccc32)cc1. The summed E-state index contributed by atoms with van der Waals surface area (Å²) in [6.07, 6.45) is 7.75. The summed E-state index contributed by atoms with van der Waals surface area (Å²) in [5.41, 5.74) is 17.0. The first-order chi connectivity index (χ1) is 25.3. The quantitative estimate of drug-likeness (QED) is 0.174. The van der Waals surface area contributed by atoms with Crippen LogP contribution in [0.4, 0.5) is 0 Å². The van der Waals surface area contributed by atoms with E-state index in [1.165, 1.54) is 49.7 Å². The summed E-state index contributed by atoms with van der Waals surface area (Å²) >= 11 is 3.21. The molecular formula is C45H28N4S2. The number of hydrogen-bond donors (Lipinski definition) is 0. The third kappa shape index (κ3) is 4.72. The predicted molar refractivity (Wildman–Crippen MR) is 210 cm³/mol. The minimum absolute atomic E-state index is 0.575. The van der Waals surface area contributed by atoms with Crippen LogP contribution in [0.15, 0.2) is 169 Å². The second-order valence-corrected chi connectivity index (χ2v) is 14.5. The number of pyridine rings is 2. The molecule has 0 amide bonds. The smallest absolute Gasteiger partial charge is 0.0818 e. The Morgan fingerprint density at radius 1 is 0.431 bits per heavy atom. The Morgan fingerprint density at radius 2 is 1.00 bits per heavy atom. The second kappa shape index (κ2) is 12.1. The van der Waals surface area contributed by atoms with E-state index in [1.54, 1.807) is 22.7 Å². The predicted octanol–water partition coefficient (Wildman–Crippen LogP) is 11.6. The van der Waals surface area contributed by atoms with Crippen molar-refractivity contribution in [3.8, 4) is 54.5 Å². The molecule has 0 radical (unpaired) electrons. The van der Waals surface area contributed by atoms with Gasteiger partial charge in [-0.05, 0) is 79.5 Å². The topological polar surface area (TPSA) is 51.6 Å². The minimum Gasteiger partial charge on any atom is -0.255 e. The van der Waals surface area contributed by atoms with Crippen LogP contribution in [0, 0.1) is 0 Å². The number of aromatic nitrogens is 4. The third-order valence-corrected chi connectivity index (χ3v) is 11.7. The second-order valence-electron chi connectivity index (χ2n) is 12.7. The van der Waals surface area contributed by atoms with E-state index in [4.69, 9.17) is 9.97 Å². The lowest BCUT2D eigenvalue weighted by Crippen LogP contribution is -2.28. The number of benzene rings is 5. The van der Waals surface area contributed by atoms with E-state index in [1.807, 2.05) is 35.8 Å². The van der Waals surface area contributed by atoms with Gasteiger partial charge in [0, 0.05) is 35.9 Å². The molecule has 0 unspecified atom stereocenters. The summed E-state index contributed by atoms with van der Waals surface area (Å²) < 4.78 is 0. The van der Waals surface area contributed by atoms with Gasteiger partial charge >= 0.3 is 0 Å². The summed E-state index contributed by atoms with van der Waals surface area (Å²) in [5.74, 6) is 0. The fraction of sp³-hybridized carbons (Fsp3) is 0.0222. The summed E-state index contributed by atoms with van der Waals surface area (Å²) in [7, 11) is 0. The Labute approximate surface area is 303 Å². The molecule has 240 valence electrons. The van der Waals surface area contributed by atoms with Crippen molar-refractivity contribution in [2.24, 2.45) is 0 Å². The van der Waals surface area contributed by atoms with Crippen molar-refractivity contribution in [2.75, 3.05) is 0 Å². The van der Waals surface area contributed by atoms with Gasteiger partial charge in [0.1, 0.15) is 0 Å². The molecule has 1 aliphatic carbocycles. The molecule has 9 aromatic rings. The highest BCUT2D eigenvalue weighted by Crippen LogP contribution is 2.59. The van der Waals surface area contributed by atoms with Crippen molar-refractivity contribution in [3.63, 3.8) is 0 Å². The average molecular weight is 689 g/mol. The molecule has 0 atom stereocenters. The number of hydrogen-bond acceptors (Lipinski definition) is 6. The minimum atomic E-state index is -0.575. The molecule has 0 fully saturated rings. The van der Waals surface area contributed by atoms with Gasteiger partial charge in [-0.2, -0.15) is 0 Å². The first kappa shape index (κ1) is 29.8. The molecule has 4 nitrogen and oxygen atoms in total. The lowest BCUT2D eigenvalue weighted by molar-refractivity contribution is 0.769. The van der Waals surface area contributed by atoms with Crippen LogP contribution in [0.5, 0.6) is 0 Å².